The average Bonchev–Trinajstić information content (AvgIpc) is 2.65. The Bertz CT molecular complexity index is 771. The highest BCUT2D eigenvalue weighted by atomic mass is 32.2. The predicted molar refractivity (Wildman–Crippen MR) is 105 cm³/mol. The van der Waals surface area contributed by atoms with E-state index >= 15 is 0 Å². The number of para-hydroxylation sites is 1. The highest BCUT2D eigenvalue weighted by Gasteiger charge is 2.05. The molecule has 0 aliphatic carbocycles. The summed E-state index contributed by atoms with van der Waals surface area (Å²) in [5.41, 5.74) is 1.64. The standard InChI is InChI=1S/C20H21NO3S/c1-4-13-24-17-11-9-15(14-18(17)23-2)10-12-20(22)21-16-7-5-6-8-19(16)25-3/h4-12,14H,1,13H2,2-3H3,(H,21,22). The molecule has 0 spiro atoms. The molecule has 5 heteroatoms. The molecule has 0 bridgehead atoms. The van der Waals surface area contributed by atoms with Gasteiger partial charge in [-0.25, -0.2) is 0 Å². The maximum Gasteiger partial charge on any atom is 0.248 e. The van der Waals surface area contributed by atoms with Gasteiger partial charge in [0.05, 0.1) is 12.8 Å². The zero-order valence-electron chi connectivity index (χ0n) is 14.3. The van der Waals surface area contributed by atoms with E-state index in [1.807, 2.05) is 48.7 Å². The topological polar surface area (TPSA) is 47.6 Å². The van der Waals surface area contributed by atoms with Gasteiger partial charge in [0.1, 0.15) is 6.61 Å². The summed E-state index contributed by atoms with van der Waals surface area (Å²) in [5, 5.41) is 2.89. The van der Waals surface area contributed by atoms with Crippen molar-refractivity contribution in [1.82, 2.24) is 0 Å². The van der Waals surface area contributed by atoms with Gasteiger partial charge in [-0.3, -0.25) is 4.79 Å². The Balaban J connectivity index is 2.07. The van der Waals surface area contributed by atoms with Crippen molar-refractivity contribution < 1.29 is 14.3 Å². The number of ether oxygens (including phenoxy) is 2. The molecule has 0 saturated carbocycles. The molecule has 2 rings (SSSR count). The van der Waals surface area contributed by atoms with Crippen LogP contribution >= 0.6 is 11.8 Å². The van der Waals surface area contributed by atoms with Crippen LogP contribution in [0.15, 0.2) is 66.1 Å². The third-order valence-corrected chi connectivity index (χ3v) is 4.13. The van der Waals surface area contributed by atoms with E-state index < -0.39 is 0 Å². The van der Waals surface area contributed by atoms with E-state index in [1.54, 1.807) is 31.0 Å². The van der Waals surface area contributed by atoms with Crippen LogP contribution in [0.25, 0.3) is 6.08 Å². The van der Waals surface area contributed by atoms with Gasteiger partial charge in [-0.15, -0.1) is 11.8 Å². The number of benzene rings is 2. The van der Waals surface area contributed by atoms with E-state index in [2.05, 4.69) is 11.9 Å². The molecule has 2 aromatic carbocycles. The number of rotatable bonds is 8. The highest BCUT2D eigenvalue weighted by molar-refractivity contribution is 7.98. The molecule has 1 amide bonds. The van der Waals surface area contributed by atoms with Gasteiger partial charge in [0.15, 0.2) is 11.5 Å². The molecule has 0 aliphatic rings. The maximum absolute atomic E-state index is 12.1. The smallest absolute Gasteiger partial charge is 0.248 e. The van der Waals surface area contributed by atoms with Crippen LogP contribution in [0.5, 0.6) is 11.5 Å². The summed E-state index contributed by atoms with van der Waals surface area (Å²) >= 11 is 1.59. The van der Waals surface area contributed by atoms with Crippen LogP contribution in [0.3, 0.4) is 0 Å². The van der Waals surface area contributed by atoms with Crippen molar-refractivity contribution in [2.45, 2.75) is 4.90 Å². The number of carbonyl (C=O) groups excluding carboxylic acids is 1. The van der Waals surface area contributed by atoms with Crippen molar-refractivity contribution in [3.05, 3.63) is 66.8 Å². The molecule has 4 nitrogen and oxygen atoms in total. The summed E-state index contributed by atoms with van der Waals surface area (Å²) < 4.78 is 10.8. The van der Waals surface area contributed by atoms with Crippen LogP contribution in [0.1, 0.15) is 5.56 Å². The molecule has 0 heterocycles. The number of nitrogens with one attached hydrogen (secondary N) is 1. The van der Waals surface area contributed by atoms with Crippen molar-refractivity contribution >= 4 is 29.4 Å². The molecule has 0 unspecified atom stereocenters. The third-order valence-electron chi connectivity index (χ3n) is 3.34. The van der Waals surface area contributed by atoms with Crippen LogP contribution < -0.4 is 14.8 Å². The van der Waals surface area contributed by atoms with Crippen LogP contribution in [-0.4, -0.2) is 25.9 Å². The van der Waals surface area contributed by atoms with Crippen molar-refractivity contribution in [3.63, 3.8) is 0 Å². The Labute approximate surface area is 152 Å². The van der Waals surface area contributed by atoms with Gasteiger partial charge in [0.25, 0.3) is 0 Å². The quantitative estimate of drug-likeness (QED) is 0.426. The minimum Gasteiger partial charge on any atom is -0.493 e. The van der Waals surface area contributed by atoms with Gasteiger partial charge < -0.3 is 14.8 Å². The Morgan fingerprint density at radius 1 is 1.24 bits per heavy atom. The molecule has 0 saturated heterocycles. The zero-order chi connectivity index (χ0) is 18.1. The van der Waals surface area contributed by atoms with Gasteiger partial charge in [-0.2, -0.15) is 0 Å². The zero-order valence-corrected chi connectivity index (χ0v) is 15.1. The molecule has 1 N–H and O–H groups in total. The molecular weight excluding hydrogens is 334 g/mol. The predicted octanol–water partition coefficient (Wildman–Crippen LogP) is 4.63. The second-order valence-electron chi connectivity index (χ2n) is 5.03. The molecule has 2 aromatic rings. The van der Waals surface area contributed by atoms with E-state index in [-0.39, 0.29) is 5.91 Å². The molecule has 25 heavy (non-hydrogen) atoms. The number of methoxy groups -OCH3 is 1. The highest BCUT2D eigenvalue weighted by Crippen LogP contribution is 2.28. The van der Waals surface area contributed by atoms with Gasteiger partial charge in [-0.1, -0.05) is 30.9 Å². The van der Waals surface area contributed by atoms with Crippen LogP contribution in [-0.2, 0) is 4.79 Å². The minimum absolute atomic E-state index is 0.188. The van der Waals surface area contributed by atoms with E-state index in [1.165, 1.54) is 6.08 Å². The van der Waals surface area contributed by atoms with E-state index in [0.29, 0.717) is 18.1 Å². The van der Waals surface area contributed by atoms with Gasteiger partial charge in [0, 0.05) is 11.0 Å². The lowest BCUT2D eigenvalue weighted by Crippen LogP contribution is -2.08. The number of hydrogen-bond donors (Lipinski definition) is 1. The fourth-order valence-electron chi connectivity index (χ4n) is 2.15. The largest absolute Gasteiger partial charge is 0.493 e. The lowest BCUT2D eigenvalue weighted by atomic mass is 10.2. The van der Waals surface area contributed by atoms with Crippen molar-refractivity contribution in [2.75, 3.05) is 25.3 Å². The first kappa shape index (κ1) is 18.7. The van der Waals surface area contributed by atoms with Gasteiger partial charge in [-0.05, 0) is 42.2 Å². The second-order valence-corrected chi connectivity index (χ2v) is 5.88. The summed E-state index contributed by atoms with van der Waals surface area (Å²) in [5.74, 6) is 1.06. The van der Waals surface area contributed by atoms with Crippen LogP contribution in [0, 0.1) is 0 Å². The fourth-order valence-corrected chi connectivity index (χ4v) is 2.70. The second kappa shape index (κ2) is 9.59. The lowest BCUT2D eigenvalue weighted by Gasteiger charge is -2.10. The Hall–Kier alpha value is -2.66. The van der Waals surface area contributed by atoms with E-state index in [4.69, 9.17) is 9.47 Å². The molecule has 0 aliphatic heterocycles. The first-order valence-corrected chi connectivity index (χ1v) is 8.94. The van der Waals surface area contributed by atoms with E-state index in [9.17, 15) is 4.79 Å². The number of hydrogen-bond acceptors (Lipinski definition) is 4. The number of carbonyl (C=O) groups is 1. The molecule has 0 radical (unpaired) electrons. The minimum atomic E-state index is -0.188. The van der Waals surface area contributed by atoms with Crippen LogP contribution in [0.2, 0.25) is 0 Å². The van der Waals surface area contributed by atoms with E-state index in [0.717, 1.165) is 16.1 Å². The normalized spacial score (nSPS) is 10.5. The number of amides is 1. The maximum atomic E-state index is 12.1. The van der Waals surface area contributed by atoms with Crippen molar-refractivity contribution in [2.24, 2.45) is 0 Å². The summed E-state index contributed by atoms with van der Waals surface area (Å²) in [6, 6.07) is 13.2. The first-order chi connectivity index (χ1) is 12.2. The Morgan fingerprint density at radius 2 is 2.04 bits per heavy atom. The van der Waals surface area contributed by atoms with Gasteiger partial charge in [0.2, 0.25) is 5.91 Å². The number of anilines is 1. The Morgan fingerprint density at radius 3 is 2.76 bits per heavy atom. The molecule has 0 aromatic heterocycles. The molecule has 0 atom stereocenters. The fraction of sp³-hybridized carbons (Fsp3) is 0.150. The summed E-state index contributed by atoms with van der Waals surface area (Å²) in [6.45, 7) is 4.03. The lowest BCUT2D eigenvalue weighted by molar-refractivity contribution is -0.111. The summed E-state index contributed by atoms with van der Waals surface area (Å²) in [7, 11) is 1.58. The molecule has 0 fully saturated rings. The van der Waals surface area contributed by atoms with Crippen molar-refractivity contribution in [1.29, 1.82) is 0 Å². The van der Waals surface area contributed by atoms with Gasteiger partial charge >= 0.3 is 0 Å². The first-order valence-electron chi connectivity index (χ1n) is 7.71. The average molecular weight is 355 g/mol. The molecule has 130 valence electrons. The molecular formula is C20H21NO3S. The summed E-state index contributed by atoms with van der Waals surface area (Å²) in [4.78, 5) is 13.2. The third kappa shape index (κ3) is 5.43. The van der Waals surface area contributed by atoms with Crippen LogP contribution in [0.4, 0.5) is 5.69 Å². The van der Waals surface area contributed by atoms with Crippen molar-refractivity contribution in [3.8, 4) is 11.5 Å². The number of thioether (sulfide) groups is 1. The summed E-state index contributed by atoms with van der Waals surface area (Å²) in [6.07, 6.45) is 6.88. The monoisotopic (exact) mass is 355 g/mol. The SMILES string of the molecule is C=CCOc1ccc(C=CC(=O)Nc2ccccc2SC)cc1OC. The Kier molecular flexibility index (Phi) is 7.16.